The van der Waals surface area contributed by atoms with Gasteiger partial charge in [-0.3, -0.25) is 9.59 Å². The Balaban J connectivity index is 1.62. The number of carbonyl (C=O) groups excluding carboxylic acids is 2. The first-order chi connectivity index (χ1) is 18.4. The molecule has 3 aliphatic rings. The number of aryl methyl sites for hydroxylation is 1. The van der Waals surface area contributed by atoms with Crippen molar-refractivity contribution >= 4 is 22.8 Å². The third kappa shape index (κ3) is 3.40. The Morgan fingerprint density at radius 3 is 2.72 bits per heavy atom. The van der Waals surface area contributed by atoms with Gasteiger partial charge in [0, 0.05) is 22.6 Å². The van der Waals surface area contributed by atoms with Gasteiger partial charge >= 0.3 is 11.9 Å². The molecule has 0 saturated heterocycles. The topological polar surface area (TPSA) is 131 Å². The van der Waals surface area contributed by atoms with Crippen LogP contribution in [0.2, 0.25) is 0 Å². The van der Waals surface area contributed by atoms with Crippen LogP contribution in [0.25, 0.3) is 22.3 Å². The Labute approximate surface area is 219 Å². The molecule has 1 aliphatic carbocycles. The van der Waals surface area contributed by atoms with E-state index < -0.39 is 47.4 Å². The van der Waals surface area contributed by atoms with E-state index in [1.807, 2.05) is 0 Å². The minimum absolute atomic E-state index is 0.0216. The number of aromatic nitrogens is 2. The molecule has 2 aliphatic heterocycles. The van der Waals surface area contributed by atoms with Crippen molar-refractivity contribution < 1.29 is 37.7 Å². The summed E-state index contributed by atoms with van der Waals surface area (Å²) in [5.41, 5.74) is 0.359. The zero-order valence-corrected chi connectivity index (χ0v) is 21.0. The molecule has 9 nitrogen and oxygen atoms in total. The van der Waals surface area contributed by atoms with Crippen LogP contribution in [0, 0.1) is 12.7 Å². The van der Waals surface area contributed by atoms with Gasteiger partial charge in [-0.2, -0.15) is 8.78 Å². The number of rotatable bonds is 4. The summed E-state index contributed by atoms with van der Waals surface area (Å²) >= 11 is 0. The number of ether oxygens (including phenoxy) is 1. The van der Waals surface area contributed by atoms with Crippen LogP contribution in [0.15, 0.2) is 16.9 Å². The standard InChI is InChI=1S/C27H24F3N3O6/c1-3-26(38)15-6-19-22-13(8-33(19)23(35)14(15)9-39-25(26)37)21-17(32-24(36)27(29,30)10-34)5-4-12-11(2)16(28)7-18(31-22)20(12)21/h6-7,17,34,38H,3-5,8-10H2,1-2H3,(H,32,36)/t17-,26-/m0/s1. The van der Waals surface area contributed by atoms with Crippen molar-refractivity contribution in [2.24, 2.45) is 0 Å². The summed E-state index contributed by atoms with van der Waals surface area (Å²) in [6.07, 6.45) is 0.412. The maximum Gasteiger partial charge on any atom is 0.346 e. The molecule has 6 rings (SSSR count). The van der Waals surface area contributed by atoms with Gasteiger partial charge in [-0.1, -0.05) is 6.92 Å². The lowest BCUT2D eigenvalue weighted by Gasteiger charge is -2.31. The van der Waals surface area contributed by atoms with E-state index in [2.05, 4.69) is 10.3 Å². The normalized spacial score (nSPS) is 21.3. The minimum atomic E-state index is -4.01. The number of pyridine rings is 2. The molecule has 204 valence electrons. The van der Waals surface area contributed by atoms with E-state index in [1.54, 1.807) is 13.8 Å². The van der Waals surface area contributed by atoms with Crippen LogP contribution < -0.4 is 10.9 Å². The second-order valence-electron chi connectivity index (χ2n) is 10.2. The van der Waals surface area contributed by atoms with E-state index in [1.165, 1.54) is 16.7 Å². The highest BCUT2D eigenvalue weighted by atomic mass is 19.3. The smallest absolute Gasteiger partial charge is 0.346 e. The number of nitrogens with zero attached hydrogens (tertiary/aromatic N) is 2. The number of alkyl halides is 2. The molecule has 0 radical (unpaired) electrons. The number of carbonyl (C=O) groups is 2. The summed E-state index contributed by atoms with van der Waals surface area (Å²) in [6, 6.07) is 1.80. The summed E-state index contributed by atoms with van der Waals surface area (Å²) in [5.74, 6) is -7.04. The molecule has 0 unspecified atom stereocenters. The number of benzene rings is 1. The second kappa shape index (κ2) is 8.36. The van der Waals surface area contributed by atoms with Crippen molar-refractivity contribution in [3.63, 3.8) is 0 Å². The fraction of sp³-hybridized carbons (Fsp3) is 0.407. The first kappa shape index (κ1) is 25.5. The Hall–Kier alpha value is -3.77. The molecule has 3 N–H and O–H groups in total. The minimum Gasteiger partial charge on any atom is -0.458 e. The Morgan fingerprint density at radius 2 is 2.03 bits per heavy atom. The van der Waals surface area contributed by atoms with E-state index in [9.17, 15) is 32.7 Å². The van der Waals surface area contributed by atoms with Crippen LogP contribution in [-0.4, -0.2) is 44.2 Å². The average molecular weight is 543 g/mol. The van der Waals surface area contributed by atoms with Crippen LogP contribution in [0.1, 0.15) is 59.2 Å². The van der Waals surface area contributed by atoms with Crippen LogP contribution >= 0.6 is 0 Å². The number of aliphatic hydroxyl groups is 2. The zero-order valence-electron chi connectivity index (χ0n) is 21.0. The van der Waals surface area contributed by atoms with Gasteiger partial charge in [0.1, 0.15) is 19.0 Å². The predicted molar refractivity (Wildman–Crippen MR) is 130 cm³/mol. The molecule has 0 saturated carbocycles. The summed E-state index contributed by atoms with van der Waals surface area (Å²) in [6.45, 7) is 1.18. The lowest BCUT2D eigenvalue weighted by molar-refractivity contribution is -0.172. The quantitative estimate of drug-likeness (QED) is 0.337. The monoisotopic (exact) mass is 543 g/mol. The highest BCUT2D eigenvalue weighted by Crippen LogP contribution is 2.46. The molecule has 1 amide bonds. The number of fused-ring (bicyclic) bond motifs is 5. The van der Waals surface area contributed by atoms with Gasteiger partial charge in [-0.15, -0.1) is 0 Å². The number of esters is 1. The Kier molecular flexibility index (Phi) is 5.47. The molecule has 0 bridgehead atoms. The maximum atomic E-state index is 14.9. The molecule has 39 heavy (non-hydrogen) atoms. The van der Waals surface area contributed by atoms with Crippen molar-refractivity contribution in [1.82, 2.24) is 14.9 Å². The van der Waals surface area contributed by atoms with E-state index in [0.717, 1.165) is 0 Å². The lowest BCUT2D eigenvalue weighted by Crippen LogP contribution is -2.45. The molecule has 2 atom stereocenters. The van der Waals surface area contributed by atoms with Crippen molar-refractivity contribution in [3.05, 3.63) is 61.7 Å². The fourth-order valence-electron chi connectivity index (χ4n) is 6.03. The molecule has 0 fully saturated rings. The molecule has 3 aromatic rings. The highest BCUT2D eigenvalue weighted by molar-refractivity contribution is 5.94. The number of hydrogen-bond donors (Lipinski definition) is 3. The number of aliphatic hydroxyl groups excluding tert-OH is 1. The van der Waals surface area contributed by atoms with Crippen molar-refractivity contribution in [1.29, 1.82) is 0 Å². The lowest BCUT2D eigenvalue weighted by atomic mass is 9.81. The Morgan fingerprint density at radius 1 is 1.28 bits per heavy atom. The molecule has 1 aromatic carbocycles. The van der Waals surface area contributed by atoms with Gasteiger partial charge in [0.25, 0.3) is 11.5 Å². The third-order valence-electron chi connectivity index (χ3n) is 8.21. The highest BCUT2D eigenvalue weighted by Gasteiger charge is 2.46. The molecule has 2 aromatic heterocycles. The van der Waals surface area contributed by atoms with Gasteiger partial charge < -0.3 is 24.8 Å². The van der Waals surface area contributed by atoms with Crippen molar-refractivity contribution in [3.8, 4) is 11.4 Å². The molecule has 4 heterocycles. The average Bonchev–Trinajstić information content (AvgIpc) is 3.28. The number of nitrogens with one attached hydrogen (secondary N) is 1. The maximum absolute atomic E-state index is 14.9. The van der Waals surface area contributed by atoms with Crippen LogP contribution in [0.5, 0.6) is 0 Å². The predicted octanol–water partition coefficient (Wildman–Crippen LogP) is 2.26. The fourth-order valence-corrected chi connectivity index (χ4v) is 6.03. The van der Waals surface area contributed by atoms with Crippen molar-refractivity contribution in [2.75, 3.05) is 6.61 Å². The Bertz CT molecular complexity index is 1680. The van der Waals surface area contributed by atoms with E-state index >= 15 is 0 Å². The zero-order chi connectivity index (χ0) is 28.0. The van der Waals surface area contributed by atoms with E-state index in [4.69, 9.17) is 9.84 Å². The number of cyclic esters (lactones) is 1. The molecule has 12 heteroatoms. The van der Waals surface area contributed by atoms with Gasteiger partial charge in [0.05, 0.1) is 35.1 Å². The van der Waals surface area contributed by atoms with Crippen molar-refractivity contribution in [2.45, 2.75) is 63.8 Å². The van der Waals surface area contributed by atoms with Gasteiger partial charge in [0.2, 0.25) is 0 Å². The molecular formula is C27H24F3N3O6. The number of hydrogen-bond acceptors (Lipinski definition) is 7. The first-order valence-corrected chi connectivity index (χ1v) is 12.5. The summed E-state index contributed by atoms with van der Waals surface area (Å²) in [4.78, 5) is 43.1. The SMILES string of the molecule is CC[C@@]1(O)C(=O)OCc2c1cc1n(c2=O)Cc2c-1nc1cc(F)c(C)c3c1c2[C@@H](NC(=O)C(F)(F)CO)CC3. The summed E-state index contributed by atoms with van der Waals surface area (Å²) in [7, 11) is 0. The second-order valence-corrected chi connectivity index (χ2v) is 10.2. The van der Waals surface area contributed by atoms with Gasteiger partial charge in [0.15, 0.2) is 5.60 Å². The largest absolute Gasteiger partial charge is 0.458 e. The third-order valence-corrected chi connectivity index (χ3v) is 8.21. The van der Waals surface area contributed by atoms with E-state index in [-0.39, 0.29) is 60.4 Å². The van der Waals surface area contributed by atoms with Crippen LogP contribution in [0.3, 0.4) is 0 Å². The van der Waals surface area contributed by atoms with Gasteiger partial charge in [-0.25, -0.2) is 14.2 Å². The van der Waals surface area contributed by atoms with Crippen LogP contribution in [0.4, 0.5) is 13.2 Å². The number of halogens is 3. The first-order valence-electron chi connectivity index (χ1n) is 12.5. The van der Waals surface area contributed by atoms with E-state index in [0.29, 0.717) is 27.6 Å². The number of amides is 1. The molecular weight excluding hydrogens is 519 g/mol. The molecule has 0 spiro atoms. The van der Waals surface area contributed by atoms with Crippen LogP contribution in [-0.2, 0) is 39.5 Å². The summed E-state index contributed by atoms with van der Waals surface area (Å²) in [5, 5.41) is 23.0. The summed E-state index contributed by atoms with van der Waals surface area (Å²) < 4.78 is 49.4. The van der Waals surface area contributed by atoms with Gasteiger partial charge in [-0.05, 0) is 48.9 Å².